The van der Waals surface area contributed by atoms with Gasteiger partial charge in [-0.3, -0.25) is 0 Å². The Balaban J connectivity index is 2.38. The van der Waals surface area contributed by atoms with Crippen molar-refractivity contribution in [2.24, 2.45) is 0 Å². The summed E-state index contributed by atoms with van der Waals surface area (Å²) in [5.41, 5.74) is 2.26. The van der Waals surface area contributed by atoms with E-state index in [1.54, 1.807) is 11.3 Å². The summed E-state index contributed by atoms with van der Waals surface area (Å²) in [6.45, 7) is 5.12. The average Bonchev–Trinajstić information content (AvgIpc) is 2.74. The van der Waals surface area contributed by atoms with Gasteiger partial charge in [-0.2, -0.15) is 0 Å². The van der Waals surface area contributed by atoms with Crippen molar-refractivity contribution in [3.8, 4) is 0 Å². The van der Waals surface area contributed by atoms with Gasteiger partial charge in [0.2, 0.25) is 0 Å². The summed E-state index contributed by atoms with van der Waals surface area (Å²) in [6, 6.07) is 8.35. The lowest BCUT2D eigenvalue weighted by atomic mass is 10.0. The second-order valence-electron chi connectivity index (χ2n) is 4.67. The van der Waals surface area contributed by atoms with Crippen molar-refractivity contribution in [1.82, 2.24) is 5.32 Å². The third-order valence-electron chi connectivity index (χ3n) is 3.08. The van der Waals surface area contributed by atoms with E-state index in [1.807, 2.05) is 19.1 Å². The molecule has 0 aliphatic rings. The van der Waals surface area contributed by atoms with Gasteiger partial charge in [-0.15, -0.1) is 11.3 Å². The van der Waals surface area contributed by atoms with E-state index in [0.717, 1.165) is 32.4 Å². The molecule has 0 radical (unpaired) electrons. The van der Waals surface area contributed by atoms with Crippen molar-refractivity contribution in [3.05, 3.63) is 54.1 Å². The smallest absolute Gasteiger partial charge is 0.0888 e. The fourth-order valence-electron chi connectivity index (χ4n) is 1.97. The highest BCUT2D eigenvalue weighted by atomic mass is 79.9. The van der Waals surface area contributed by atoms with Gasteiger partial charge in [0.1, 0.15) is 0 Å². The molecule has 1 nitrogen and oxygen atoms in total. The zero-order valence-electron chi connectivity index (χ0n) is 11.3. The molecule has 1 unspecified atom stereocenters. The molecule has 1 atom stereocenters. The molecule has 5 heteroatoms. The number of hydrogen-bond donors (Lipinski definition) is 1. The number of hydrogen-bond acceptors (Lipinski definition) is 2. The Morgan fingerprint density at radius 1 is 1.25 bits per heavy atom. The second kappa shape index (κ2) is 7.28. The summed E-state index contributed by atoms with van der Waals surface area (Å²) in [5.74, 6) is 0. The standard InChI is InChI=1S/C15H16BrCl2NS/c1-3-6-19-14(13-8-12(18)15(16)20-13)10-5-4-9(2)11(17)7-10/h4-5,7-8,14,19H,3,6H2,1-2H3. The highest BCUT2D eigenvalue weighted by molar-refractivity contribution is 9.11. The maximum Gasteiger partial charge on any atom is 0.0888 e. The molecule has 0 saturated heterocycles. The third kappa shape index (κ3) is 3.77. The number of nitrogens with one attached hydrogen (secondary N) is 1. The lowest BCUT2D eigenvalue weighted by molar-refractivity contribution is 0.606. The lowest BCUT2D eigenvalue weighted by Gasteiger charge is -2.18. The van der Waals surface area contributed by atoms with Crippen LogP contribution in [0, 0.1) is 6.92 Å². The van der Waals surface area contributed by atoms with Crippen molar-refractivity contribution in [3.63, 3.8) is 0 Å². The highest BCUT2D eigenvalue weighted by Gasteiger charge is 2.18. The first-order valence-electron chi connectivity index (χ1n) is 6.47. The molecule has 0 amide bonds. The molecule has 0 fully saturated rings. The van der Waals surface area contributed by atoms with Crippen LogP contribution in [0.3, 0.4) is 0 Å². The zero-order valence-corrected chi connectivity index (χ0v) is 15.3. The SMILES string of the molecule is CCCNC(c1ccc(C)c(Cl)c1)c1cc(Cl)c(Br)s1. The monoisotopic (exact) mass is 391 g/mol. The van der Waals surface area contributed by atoms with Crippen LogP contribution in [-0.2, 0) is 0 Å². The molecule has 1 heterocycles. The number of aryl methyl sites for hydroxylation is 1. The van der Waals surface area contributed by atoms with Crippen molar-refractivity contribution < 1.29 is 0 Å². The molecular formula is C15H16BrCl2NS. The molecule has 0 bridgehead atoms. The first-order valence-corrected chi connectivity index (χ1v) is 8.83. The maximum absolute atomic E-state index is 6.26. The summed E-state index contributed by atoms with van der Waals surface area (Å²) in [5, 5.41) is 5.12. The van der Waals surface area contributed by atoms with E-state index in [4.69, 9.17) is 23.2 Å². The van der Waals surface area contributed by atoms with E-state index in [2.05, 4.69) is 40.3 Å². The predicted octanol–water partition coefficient (Wildman–Crippen LogP) is 6.21. The largest absolute Gasteiger partial charge is 0.306 e. The Kier molecular flexibility index (Phi) is 5.94. The van der Waals surface area contributed by atoms with Crippen LogP contribution < -0.4 is 5.32 Å². The van der Waals surface area contributed by atoms with Gasteiger partial charge in [0, 0.05) is 9.90 Å². The zero-order chi connectivity index (χ0) is 14.7. The van der Waals surface area contributed by atoms with Crippen molar-refractivity contribution in [1.29, 1.82) is 0 Å². The van der Waals surface area contributed by atoms with Crippen molar-refractivity contribution in [2.45, 2.75) is 26.3 Å². The summed E-state index contributed by atoms with van der Waals surface area (Å²) < 4.78 is 0.968. The van der Waals surface area contributed by atoms with Crippen LogP contribution >= 0.6 is 50.5 Å². The number of thiophene rings is 1. The van der Waals surface area contributed by atoms with Crippen LogP contribution in [0.15, 0.2) is 28.1 Å². The first kappa shape index (κ1) is 16.3. The van der Waals surface area contributed by atoms with E-state index in [-0.39, 0.29) is 6.04 Å². The minimum Gasteiger partial charge on any atom is -0.306 e. The summed E-state index contributed by atoms with van der Waals surface area (Å²) in [7, 11) is 0. The summed E-state index contributed by atoms with van der Waals surface area (Å²) in [4.78, 5) is 1.19. The Morgan fingerprint density at radius 2 is 2.00 bits per heavy atom. The van der Waals surface area contributed by atoms with Gasteiger partial charge in [-0.25, -0.2) is 0 Å². The molecule has 0 saturated carbocycles. The van der Waals surface area contributed by atoms with Gasteiger partial charge < -0.3 is 5.32 Å². The Labute approximate surface area is 142 Å². The van der Waals surface area contributed by atoms with Gasteiger partial charge in [-0.1, -0.05) is 42.3 Å². The van der Waals surface area contributed by atoms with E-state index in [1.165, 1.54) is 10.4 Å². The number of rotatable bonds is 5. The van der Waals surface area contributed by atoms with E-state index >= 15 is 0 Å². The minimum atomic E-state index is 0.127. The first-order chi connectivity index (χ1) is 9.52. The quantitative estimate of drug-likeness (QED) is 0.637. The molecule has 1 aromatic carbocycles. The maximum atomic E-state index is 6.26. The molecular weight excluding hydrogens is 377 g/mol. The molecule has 0 aliphatic carbocycles. The van der Waals surface area contributed by atoms with E-state index in [9.17, 15) is 0 Å². The van der Waals surface area contributed by atoms with Crippen LogP contribution in [0.25, 0.3) is 0 Å². The molecule has 0 spiro atoms. The molecule has 1 N–H and O–H groups in total. The van der Waals surface area contributed by atoms with Crippen LogP contribution in [0.4, 0.5) is 0 Å². The van der Waals surface area contributed by atoms with Gasteiger partial charge in [0.15, 0.2) is 0 Å². The Morgan fingerprint density at radius 3 is 2.55 bits per heavy atom. The van der Waals surface area contributed by atoms with Crippen molar-refractivity contribution >= 4 is 50.5 Å². The van der Waals surface area contributed by atoms with Crippen LogP contribution in [0.1, 0.15) is 35.4 Å². The van der Waals surface area contributed by atoms with Crippen molar-refractivity contribution in [2.75, 3.05) is 6.54 Å². The van der Waals surface area contributed by atoms with E-state index in [0.29, 0.717) is 0 Å². The third-order valence-corrected chi connectivity index (χ3v) is 6.02. The van der Waals surface area contributed by atoms with Gasteiger partial charge >= 0.3 is 0 Å². The van der Waals surface area contributed by atoms with Gasteiger partial charge in [0.25, 0.3) is 0 Å². The minimum absolute atomic E-state index is 0.127. The Bertz CT molecular complexity index is 578. The molecule has 1 aromatic heterocycles. The lowest BCUT2D eigenvalue weighted by Crippen LogP contribution is -2.22. The topological polar surface area (TPSA) is 12.0 Å². The van der Waals surface area contributed by atoms with E-state index < -0.39 is 0 Å². The van der Waals surface area contributed by atoms with Crippen LogP contribution in [0.2, 0.25) is 10.0 Å². The molecule has 0 aliphatic heterocycles. The number of benzene rings is 1. The average molecular weight is 393 g/mol. The second-order valence-corrected chi connectivity index (χ2v) is 7.88. The molecule has 108 valence electrons. The number of halogens is 3. The van der Waals surface area contributed by atoms with Gasteiger partial charge in [-0.05, 0) is 59.1 Å². The molecule has 2 aromatic rings. The normalized spacial score (nSPS) is 12.7. The Hall–Kier alpha value is -0.0600. The van der Waals surface area contributed by atoms with Crippen LogP contribution in [-0.4, -0.2) is 6.54 Å². The molecule has 2 rings (SSSR count). The summed E-state index contributed by atoms with van der Waals surface area (Å²) in [6.07, 6.45) is 1.08. The molecule has 20 heavy (non-hydrogen) atoms. The van der Waals surface area contributed by atoms with Gasteiger partial charge in [0.05, 0.1) is 14.9 Å². The highest BCUT2D eigenvalue weighted by Crippen LogP contribution is 2.38. The fraction of sp³-hybridized carbons (Fsp3) is 0.333. The predicted molar refractivity (Wildman–Crippen MR) is 93.4 cm³/mol. The van der Waals surface area contributed by atoms with Crippen LogP contribution in [0.5, 0.6) is 0 Å². The summed E-state index contributed by atoms with van der Waals surface area (Å²) >= 11 is 17.6. The fourth-order valence-corrected chi connectivity index (χ4v) is 4.01.